The summed E-state index contributed by atoms with van der Waals surface area (Å²) in [7, 11) is 0. The first-order valence-corrected chi connectivity index (χ1v) is 5.46. The highest BCUT2D eigenvalue weighted by Gasteiger charge is 1.99. The second-order valence-corrected chi connectivity index (χ2v) is 3.84. The molecule has 17 heavy (non-hydrogen) atoms. The number of aromatic carboxylic acids is 1. The molecule has 0 saturated heterocycles. The van der Waals surface area contributed by atoms with Crippen LogP contribution in [0.15, 0.2) is 42.0 Å². The van der Waals surface area contributed by atoms with Crippen LogP contribution in [0.4, 0.5) is 0 Å². The second kappa shape index (κ2) is 6.39. The molecule has 3 N–H and O–H groups in total. The predicted molar refractivity (Wildman–Crippen MR) is 64.0 cm³/mol. The minimum Gasteiger partial charge on any atom is -0.477 e. The molecule has 0 unspecified atom stereocenters. The summed E-state index contributed by atoms with van der Waals surface area (Å²) < 4.78 is 0. The van der Waals surface area contributed by atoms with Crippen LogP contribution < -0.4 is 5.73 Å². The molecular formula is C11H10N2O3S. The molecule has 0 fully saturated rings. The summed E-state index contributed by atoms with van der Waals surface area (Å²) in [5.41, 5.74) is 5.38. The van der Waals surface area contributed by atoms with Crippen molar-refractivity contribution in [2.75, 3.05) is 0 Å². The van der Waals surface area contributed by atoms with Crippen LogP contribution in [-0.4, -0.2) is 22.0 Å². The molecule has 88 valence electrons. The van der Waals surface area contributed by atoms with Gasteiger partial charge in [-0.25, -0.2) is 4.79 Å². The number of amides is 1. The Hall–Kier alpha value is -2.21. The fraction of sp³-hybridized carbons (Fsp3) is 0. The number of nitrogens with two attached hydrogens (primary N) is 1. The van der Waals surface area contributed by atoms with Gasteiger partial charge >= 0.3 is 5.97 Å². The fourth-order valence-electron chi connectivity index (χ4n) is 0.909. The van der Waals surface area contributed by atoms with Crippen LogP contribution >= 0.6 is 11.3 Å². The van der Waals surface area contributed by atoms with Crippen LogP contribution in [0.25, 0.3) is 0 Å². The number of hydrogen-bond donors (Lipinski definition) is 2. The molecule has 2 aromatic heterocycles. The summed E-state index contributed by atoms with van der Waals surface area (Å²) in [5, 5.41) is 10.0. The first kappa shape index (κ1) is 12.9. The highest BCUT2D eigenvalue weighted by molar-refractivity contribution is 7.11. The average molecular weight is 250 g/mol. The summed E-state index contributed by atoms with van der Waals surface area (Å²) in [6, 6.07) is 6.58. The number of carboxylic acids is 1. The van der Waals surface area contributed by atoms with Crippen LogP contribution in [0.2, 0.25) is 0 Å². The zero-order chi connectivity index (χ0) is 12.7. The Balaban J connectivity index is 0.000000171. The molecule has 0 aliphatic heterocycles. The van der Waals surface area contributed by atoms with Gasteiger partial charge < -0.3 is 10.8 Å². The van der Waals surface area contributed by atoms with E-state index in [9.17, 15) is 9.59 Å². The molecule has 0 aromatic carbocycles. The van der Waals surface area contributed by atoms with Gasteiger partial charge in [-0.3, -0.25) is 9.78 Å². The van der Waals surface area contributed by atoms with Crippen molar-refractivity contribution >= 4 is 23.2 Å². The molecule has 0 radical (unpaired) electrons. The minimum atomic E-state index is -0.847. The van der Waals surface area contributed by atoms with Crippen molar-refractivity contribution in [3.05, 3.63) is 52.5 Å². The summed E-state index contributed by atoms with van der Waals surface area (Å²) in [6.07, 6.45) is 3.02. The van der Waals surface area contributed by atoms with E-state index in [0.717, 1.165) is 0 Å². The van der Waals surface area contributed by atoms with Gasteiger partial charge in [0.1, 0.15) is 4.88 Å². The molecule has 2 aromatic rings. The van der Waals surface area contributed by atoms with Crippen LogP contribution in [0.5, 0.6) is 0 Å². The van der Waals surface area contributed by atoms with Crippen molar-refractivity contribution in [3.63, 3.8) is 0 Å². The first-order chi connectivity index (χ1) is 8.11. The van der Waals surface area contributed by atoms with Crippen molar-refractivity contribution in [2.45, 2.75) is 0 Å². The number of carboxylic acid groups (broad SMARTS) is 1. The maximum absolute atomic E-state index is 10.4. The second-order valence-electron chi connectivity index (χ2n) is 2.89. The SMILES string of the molecule is NC(=O)c1cccnc1.O=C(O)c1cccs1. The maximum atomic E-state index is 10.4. The molecule has 0 aliphatic carbocycles. The largest absolute Gasteiger partial charge is 0.477 e. The third kappa shape index (κ3) is 4.43. The van der Waals surface area contributed by atoms with E-state index < -0.39 is 11.9 Å². The van der Waals surface area contributed by atoms with E-state index in [0.29, 0.717) is 10.4 Å². The number of hydrogen-bond acceptors (Lipinski definition) is 4. The quantitative estimate of drug-likeness (QED) is 0.847. The van der Waals surface area contributed by atoms with Crippen molar-refractivity contribution in [1.29, 1.82) is 0 Å². The number of carbonyl (C=O) groups excluding carboxylic acids is 1. The van der Waals surface area contributed by atoms with Gasteiger partial charge in [0.15, 0.2) is 0 Å². The number of aromatic nitrogens is 1. The van der Waals surface area contributed by atoms with Gasteiger partial charge in [0, 0.05) is 12.4 Å². The van der Waals surface area contributed by atoms with Gasteiger partial charge in [-0.1, -0.05) is 6.07 Å². The van der Waals surface area contributed by atoms with Crippen molar-refractivity contribution in [1.82, 2.24) is 4.98 Å². The van der Waals surface area contributed by atoms with Crippen LogP contribution in [-0.2, 0) is 0 Å². The summed E-state index contributed by atoms with van der Waals surface area (Å²) in [6.45, 7) is 0. The number of nitrogens with zero attached hydrogens (tertiary/aromatic N) is 1. The fourth-order valence-corrected chi connectivity index (χ4v) is 1.47. The highest BCUT2D eigenvalue weighted by atomic mass is 32.1. The minimum absolute atomic E-state index is 0.394. The Morgan fingerprint density at radius 1 is 1.29 bits per heavy atom. The third-order valence-corrected chi connectivity index (χ3v) is 2.54. The van der Waals surface area contributed by atoms with Gasteiger partial charge in [0.25, 0.3) is 0 Å². The normalized spacial score (nSPS) is 8.94. The van der Waals surface area contributed by atoms with E-state index >= 15 is 0 Å². The number of rotatable bonds is 2. The third-order valence-electron chi connectivity index (χ3n) is 1.68. The lowest BCUT2D eigenvalue weighted by Crippen LogP contribution is -2.10. The van der Waals surface area contributed by atoms with E-state index in [1.54, 1.807) is 35.8 Å². The van der Waals surface area contributed by atoms with Gasteiger partial charge in [-0.15, -0.1) is 11.3 Å². The topological polar surface area (TPSA) is 93.3 Å². The van der Waals surface area contributed by atoms with E-state index in [1.165, 1.54) is 17.5 Å². The van der Waals surface area contributed by atoms with Gasteiger partial charge in [-0.05, 0) is 23.6 Å². The predicted octanol–water partition coefficient (Wildman–Crippen LogP) is 1.63. The number of carbonyl (C=O) groups is 2. The average Bonchev–Trinajstić information content (AvgIpc) is 2.84. The number of pyridine rings is 1. The zero-order valence-corrected chi connectivity index (χ0v) is 9.55. The molecule has 2 rings (SSSR count). The maximum Gasteiger partial charge on any atom is 0.345 e. The molecule has 2 heterocycles. The van der Waals surface area contributed by atoms with Crippen molar-refractivity contribution < 1.29 is 14.7 Å². The summed E-state index contributed by atoms with van der Waals surface area (Å²) >= 11 is 1.23. The first-order valence-electron chi connectivity index (χ1n) is 4.58. The smallest absolute Gasteiger partial charge is 0.345 e. The Labute approximate surface area is 102 Å². The Kier molecular flexibility index (Phi) is 4.83. The lowest BCUT2D eigenvalue weighted by atomic mass is 10.3. The number of primary amides is 1. The van der Waals surface area contributed by atoms with Crippen molar-refractivity contribution in [2.24, 2.45) is 5.73 Å². The molecule has 0 atom stereocenters. The zero-order valence-electron chi connectivity index (χ0n) is 8.74. The molecule has 0 aliphatic rings. The van der Waals surface area contributed by atoms with E-state index in [2.05, 4.69) is 4.98 Å². The molecule has 0 spiro atoms. The van der Waals surface area contributed by atoms with Crippen LogP contribution in [0.3, 0.4) is 0 Å². The number of thiophene rings is 1. The molecule has 0 saturated carbocycles. The van der Waals surface area contributed by atoms with Crippen LogP contribution in [0.1, 0.15) is 20.0 Å². The molecule has 5 nitrogen and oxygen atoms in total. The molecule has 0 bridgehead atoms. The van der Waals surface area contributed by atoms with E-state index in [-0.39, 0.29) is 0 Å². The van der Waals surface area contributed by atoms with Crippen LogP contribution in [0, 0.1) is 0 Å². The van der Waals surface area contributed by atoms with Crippen molar-refractivity contribution in [3.8, 4) is 0 Å². The lowest BCUT2D eigenvalue weighted by molar-refractivity contribution is 0.0702. The molecule has 1 amide bonds. The highest BCUT2D eigenvalue weighted by Crippen LogP contribution is 2.06. The molecule has 6 heteroatoms. The van der Waals surface area contributed by atoms with Gasteiger partial charge in [0.2, 0.25) is 5.91 Å². The lowest BCUT2D eigenvalue weighted by Gasteiger charge is -1.88. The Morgan fingerprint density at radius 2 is 2.06 bits per heavy atom. The van der Waals surface area contributed by atoms with Gasteiger partial charge in [-0.2, -0.15) is 0 Å². The Morgan fingerprint density at radius 3 is 2.35 bits per heavy atom. The molecular weight excluding hydrogens is 240 g/mol. The van der Waals surface area contributed by atoms with E-state index in [1.807, 2.05) is 0 Å². The standard InChI is InChI=1S/C6H6N2O.C5H4O2S/c7-6(9)5-2-1-3-8-4-5;6-5(7)4-2-1-3-8-4/h1-4H,(H2,7,9);1-3H,(H,6,7). The Bertz CT molecular complexity index is 483. The monoisotopic (exact) mass is 250 g/mol. The summed E-state index contributed by atoms with van der Waals surface area (Å²) in [5.74, 6) is -1.29. The van der Waals surface area contributed by atoms with Gasteiger partial charge in [0.05, 0.1) is 5.56 Å². The summed E-state index contributed by atoms with van der Waals surface area (Å²) in [4.78, 5) is 24.6. The van der Waals surface area contributed by atoms with E-state index in [4.69, 9.17) is 10.8 Å².